The van der Waals surface area contributed by atoms with Gasteiger partial charge in [-0.25, -0.2) is 9.64 Å². The summed E-state index contributed by atoms with van der Waals surface area (Å²) in [7, 11) is 0. The van der Waals surface area contributed by atoms with Gasteiger partial charge in [-0.05, 0) is 75.4 Å². The largest absolute Gasteiger partial charge is 0.478 e. The molecule has 0 unspecified atom stereocenters. The number of allylic oxidation sites excluding steroid dienone is 1. The Morgan fingerprint density at radius 3 is 2.40 bits per heavy atom. The number of furan rings is 1. The fourth-order valence-electron chi connectivity index (χ4n) is 5.48. The van der Waals surface area contributed by atoms with Crippen molar-refractivity contribution in [1.82, 2.24) is 15.1 Å². The lowest BCUT2D eigenvalue weighted by Crippen LogP contribution is -2.49. The summed E-state index contributed by atoms with van der Waals surface area (Å²) in [6.07, 6.45) is 3.81. The second-order valence-corrected chi connectivity index (χ2v) is 10.8. The summed E-state index contributed by atoms with van der Waals surface area (Å²) in [6.45, 7) is 11.6. The van der Waals surface area contributed by atoms with Crippen molar-refractivity contribution in [2.75, 3.05) is 31.5 Å². The highest BCUT2D eigenvalue weighted by molar-refractivity contribution is 6.11. The molecule has 3 N–H and O–H groups in total. The molecule has 0 saturated carbocycles. The molecule has 2 aliphatic rings. The monoisotopic (exact) mass is 583 g/mol. The van der Waals surface area contributed by atoms with E-state index < -0.39 is 17.8 Å². The quantitative estimate of drug-likeness (QED) is 0.191. The highest BCUT2D eigenvalue weighted by atomic mass is 16.4. The van der Waals surface area contributed by atoms with Gasteiger partial charge in [-0.2, -0.15) is 0 Å². The van der Waals surface area contributed by atoms with Gasteiger partial charge in [-0.1, -0.05) is 12.1 Å². The van der Waals surface area contributed by atoms with Crippen LogP contribution in [0.4, 0.5) is 5.69 Å². The fraction of sp³-hybridized carbons (Fsp3) is 0.344. The van der Waals surface area contributed by atoms with E-state index in [2.05, 4.69) is 15.5 Å². The van der Waals surface area contributed by atoms with Crippen LogP contribution in [0.3, 0.4) is 0 Å². The Morgan fingerprint density at radius 2 is 1.70 bits per heavy atom. The van der Waals surface area contributed by atoms with E-state index in [0.29, 0.717) is 43.7 Å². The standard InChI is InChI=1S/C32H33N5O6/c1-20-17-23-18-24(12-13-26(23)43-20)34-30(28(33-2)29(39)21-8-10-22(11-9-21)32(41)42)35-25-7-3-4-16-37(31(25)40)19-27(38)36-14-5-6-15-36/h8-13,17-18,25,34-35H,3-7,14-16,19H2,1H3,(H,41,42)/b30-28+/t25-/m0/s1. The van der Waals surface area contributed by atoms with E-state index in [0.717, 1.165) is 30.4 Å². The number of carboxylic acid groups (broad SMARTS) is 1. The van der Waals surface area contributed by atoms with Crippen LogP contribution in [0, 0.1) is 13.5 Å². The molecule has 11 nitrogen and oxygen atoms in total. The third-order valence-electron chi connectivity index (χ3n) is 7.75. The van der Waals surface area contributed by atoms with E-state index in [1.54, 1.807) is 21.9 Å². The van der Waals surface area contributed by atoms with Gasteiger partial charge in [0.25, 0.3) is 5.70 Å². The molecule has 1 atom stereocenters. The number of nitrogens with one attached hydrogen (secondary N) is 2. The number of benzene rings is 2. The summed E-state index contributed by atoms with van der Waals surface area (Å²) in [5.74, 6) is -1.33. The molecule has 43 heavy (non-hydrogen) atoms. The zero-order valence-electron chi connectivity index (χ0n) is 23.9. The second-order valence-electron chi connectivity index (χ2n) is 10.8. The van der Waals surface area contributed by atoms with Crippen molar-refractivity contribution in [2.45, 2.75) is 45.1 Å². The predicted molar refractivity (Wildman–Crippen MR) is 159 cm³/mol. The lowest BCUT2D eigenvalue weighted by Gasteiger charge is -2.28. The smallest absolute Gasteiger partial charge is 0.335 e. The first-order valence-corrected chi connectivity index (χ1v) is 14.3. The molecule has 0 radical (unpaired) electrons. The Kier molecular flexibility index (Phi) is 8.76. The maximum absolute atomic E-state index is 13.7. The van der Waals surface area contributed by atoms with Crippen molar-refractivity contribution in [1.29, 1.82) is 0 Å². The van der Waals surface area contributed by atoms with Crippen molar-refractivity contribution in [3.05, 3.63) is 88.4 Å². The first-order chi connectivity index (χ1) is 20.7. The summed E-state index contributed by atoms with van der Waals surface area (Å²) in [4.78, 5) is 58.4. The number of carbonyl (C=O) groups is 4. The van der Waals surface area contributed by atoms with Crippen LogP contribution in [0.2, 0.25) is 0 Å². The molecular weight excluding hydrogens is 550 g/mol. The highest BCUT2D eigenvalue weighted by Crippen LogP contribution is 2.25. The number of likely N-dealkylation sites (tertiary alicyclic amines) is 2. The van der Waals surface area contributed by atoms with Crippen LogP contribution in [0.25, 0.3) is 15.8 Å². The number of anilines is 1. The molecule has 0 spiro atoms. The Morgan fingerprint density at radius 1 is 1.00 bits per heavy atom. The molecule has 0 bridgehead atoms. The number of amides is 2. The zero-order chi connectivity index (χ0) is 30.5. The third-order valence-corrected chi connectivity index (χ3v) is 7.75. The first kappa shape index (κ1) is 29.4. The molecule has 2 aromatic carbocycles. The summed E-state index contributed by atoms with van der Waals surface area (Å²) in [5.41, 5.74) is 1.09. The molecule has 1 aromatic heterocycles. The van der Waals surface area contributed by atoms with Crippen molar-refractivity contribution < 1.29 is 28.7 Å². The van der Waals surface area contributed by atoms with E-state index in [-0.39, 0.29) is 41.0 Å². The molecule has 11 heteroatoms. The number of ketones is 1. The fourth-order valence-corrected chi connectivity index (χ4v) is 5.48. The van der Waals surface area contributed by atoms with Gasteiger partial charge in [0.05, 0.1) is 18.7 Å². The number of fused-ring (bicyclic) bond motifs is 1. The van der Waals surface area contributed by atoms with Crippen LogP contribution >= 0.6 is 0 Å². The first-order valence-electron chi connectivity index (χ1n) is 14.3. The van der Waals surface area contributed by atoms with Gasteiger partial charge in [-0.15, -0.1) is 0 Å². The van der Waals surface area contributed by atoms with Gasteiger partial charge >= 0.3 is 5.97 Å². The average molecular weight is 584 g/mol. The van der Waals surface area contributed by atoms with Gasteiger partial charge < -0.3 is 34.8 Å². The number of hydrogen-bond donors (Lipinski definition) is 3. The van der Waals surface area contributed by atoms with Crippen LogP contribution in [0.5, 0.6) is 0 Å². The predicted octanol–water partition coefficient (Wildman–Crippen LogP) is 4.42. The lowest BCUT2D eigenvalue weighted by molar-refractivity contribution is -0.140. The zero-order valence-corrected chi connectivity index (χ0v) is 23.9. The Bertz CT molecular complexity index is 1630. The van der Waals surface area contributed by atoms with Crippen LogP contribution in [0.15, 0.2) is 64.5 Å². The normalized spacial score (nSPS) is 17.7. The number of carboxylic acids is 1. The van der Waals surface area contributed by atoms with Crippen LogP contribution in [0.1, 0.15) is 58.6 Å². The topological polar surface area (TPSA) is 137 Å². The van der Waals surface area contributed by atoms with E-state index in [9.17, 15) is 24.3 Å². The van der Waals surface area contributed by atoms with Crippen LogP contribution < -0.4 is 10.6 Å². The average Bonchev–Trinajstić information content (AvgIpc) is 3.63. The maximum Gasteiger partial charge on any atom is 0.335 e. The molecular formula is C32H33N5O6. The molecule has 5 rings (SSSR count). The maximum atomic E-state index is 13.7. The van der Waals surface area contributed by atoms with E-state index in [4.69, 9.17) is 11.0 Å². The summed E-state index contributed by atoms with van der Waals surface area (Å²) < 4.78 is 5.67. The lowest BCUT2D eigenvalue weighted by atomic mass is 10.1. The number of carbonyl (C=O) groups excluding carboxylic acids is 3. The van der Waals surface area contributed by atoms with Gasteiger partial charge in [0, 0.05) is 36.3 Å². The summed E-state index contributed by atoms with van der Waals surface area (Å²) in [6, 6.07) is 11.7. The molecule has 2 saturated heterocycles. The summed E-state index contributed by atoms with van der Waals surface area (Å²) >= 11 is 0. The molecule has 3 heterocycles. The van der Waals surface area contributed by atoms with Gasteiger partial charge in [0.15, 0.2) is 5.78 Å². The van der Waals surface area contributed by atoms with Crippen molar-refractivity contribution in [2.24, 2.45) is 0 Å². The van der Waals surface area contributed by atoms with Gasteiger partial charge in [0.1, 0.15) is 23.2 Å². The minimum atomic E-state index is -1.13. The number of nitrogens with zero attached hydrogens (tertiary/aromatic N) is 3. The Balaban J connectivity index is 1.47. The molecule has 2 amide bonds. The second kappa shape index (κ2) is 12.8. The highest BCUT2D eigenvalue weighted by Gasteiger charge is 2.32. The Hall–Kier alpha value is -5.11. The van der Waals surface area contributed by atoms with Crippen molar-refractivity contribution in [3.8, 4) is 0 Å². The van der Waals surface area contributed by atoms with Gasteiger partial charge in [0.2, 0.25) is 11.8 Å². The molecule has 2 fully saturated rings. The third kappa shape index (κ3) is 6.70. The number of Topliss-reactive ketones (excluding diaryl/α,β-unsaturated/α-hetero) is 1. The SMILES string of the molecule is [C-]#[N+]/C(C(=O)c1ccc(C(=O)O)cc1)=C(\Nc1ccc2oc(C)cc2c1)N[C@H]1CCCCN(CC(=O)N2CCCC2)C1=O. The minimum absolute atomic E-state index is 0.00939. The summed E-state index contributed by atoms with van der Waals surface area (Å²) in [5, 5.41) is 16.4. The van der Waals surface area contributed by atoms with Gasteiger partial charge in [-0.3, -0.25) is 9.59 Å². The molecule has 222 valence electrons. The number of rotatable bonds is 9. The van der Waals surface area contributed by atoms with E-state index in [1.807, 2.05) is 19.1 Å². The van der Waals surface area contributed by atoms with Crippen molar-refractivity contribution >= 4 is 40.2 Å². The minimum Gasteiger partial charge on any atom is -0.478 e. The molecule has 0 aliphatic carbocycles. The molecule has 3 aromatic rings. The van der Waals surface area contributed by atoms with E-state index in [1.165, 1.54) is 24.3 Å². The Labute approximate surface area is 248 Å². The van der Waals surface area contributed by atoms with Crippen LogP contribution in [-0.4, -0.2) is 70.7 Å². The van der Waals surface area contributed by atoms with Crippen molar-refractivity contribution in [3.63, 3.8) is 0 Å². The number of aromatic carboxylic acids is 1. The van der Waals surface area contributed by atoms with E-state index >= 15 is 0 Å². The van der Waals surface area contributed by atoms with Crippen LogP contribution in [-0.2, 0) is 9.59 Å². The molecule has 2 aliphatic heterocycles. The number of aryl methyl sites for hydroxylation is 1. The number of hydrogen-bond acceptors (Lipinski definition) is 7.